The number of halogens is 7. The van der Waals surface area contributed by atoms with Gasteiger partial charge in [0, 0.05) is 74.5 Å². The molecule has 10 heterocycles. The third kappa shape index (κ3) is 17.1. The molecule has 3 aliphatic heterocycles. The smallest absolute Gasteiger partial charge is 0.295 e. The fourth-order valence-corrected chi connectivity index (χ4v) is 18.2. The molecule has 3 fully saturated rings. The van der Waals surface area contributed by atoms with Crippen molar-refractivity contribution >= 4 is 138 Å². The van der Waals surface area contributed by atoms with Crippen molar-refractivity contribution in [2.45, 2.75) is 14.9 Å². The number of sulfonamides is 3. The van der Waals surface area contributed by atoms with E-state index in [1.807, 2.05) is 9.62 Å². The molecule has 3 saturated heterocycles. The molecular weight excluding hydrogens is 1580 g/mol. The predicted octanol–water partition coefficient (Wildman–Crippen LogP) is 12.1. The van der Waals surface area contributed by atoms with Crippen molar-refractivity contribution < 1.29 is 65.8 Å². The molecule has 7 aromatic heterocycles. The van der Waals surface area contributed by atoms with Crippen molar-refractivity contribution in [3.05, 3.63) is 185 Å². The number of ether oxygens (including phenoxy) is 3. The van der Waals surface area contributed by atoms with E-state index in [9.17, 15) is 42.8 Å². The molecule has 560 valence electrons. The van der Waals surface area contributed by atoms with Crippen molar-refractivity contribution in [2.75, 3.05) is 125 Å². The highest BCUT2D eigenvalue weighted by Crippen LogP contribution is 2.47. The molecule has 0 atom stereocenters. The van der Waals surface area contributed by atoms with Gasteiger partial charge >= 0.3 is 0 Å². The zero-order valence-electron chi connectivity index (χ0n) is 55.6. The maximum absolute atomic E-state index is 15.8. The van der Waals surface area contributed by atoms with Gasteiger partial charge in [0.15, 0.2) is 21.2 Å². The summed E-state index contributed by atoms with van der Waals surface area (Å²) in [5, 5.41) is 2.08. The number of nitrogens with one attached hydrogen (secondary N) is 3. The number of benzene rings is 5. The average molecular weight is 1630 g/mol. The summed E-state index contributed by atoms with van der Waals surface area (Å²) >= 11 is 17.5. The van der Waals surface area contributed by atoms with Crippen molar-refractivity contribution in [3.63, 3.8) is 0 Å². The number of anilines is 9. The molecule has 0 radical (unpaired) electrons. The highest BCUT2D eigenvalue weighted by molar-refractivity contribution is 7.93. The van der Waals surface area contributed by atoms with Crippen LogP contribution in [0.4, 0.5) is 72.3 Å². The van der Waals surface area contributed by atoms with Crippen molar-refractivity contribution in [2.24, 2.45) is 0 Å². The SMILES string of the molecule is Nc1nccc(-c2sc(N3CCOCC3)nc2-c2cccc(NS(=O)(=O)c3cc(F)ccc3F)c2Cl)n1.Nc1nccc(-c2sc(N3CCOCC3)nc2-c2cccc(NS(=O)(=O)c3cc(F)ccc3F)c2F)n1.Nc1nccc(-c2sc(N3CCOCC3)nc2-c2cccc(NS(=O)(=O)c3ccco3)c2Cl)n1. The number of morpholine rings is 3. The van der Waals surface area contributed by atoms with Crippen LogP contribution >= 0.6 is 57.2 Å². The number of nitrogens with two attached hydrogens (primary N) is 3. The van der Waals surface area contributed by atoms with Gasteiger partial charge in [-0.2, -0.15) is 8.42 Å². The van der Waals surface area contributed by atoms with E-state index in [4.69, 9.17) is 69.0 Å². The Labute approximate surface area is 634 Å². The minimum atomic E-state index is -4.65. The Morgan fingerprint density at radius 2 is 0.769 bits per heavy atom. The quantitative estimate of drug-likeness (QED) is 0.0435. The molecule has 0 amide bonds. The lowest BCUT2D eigenvalue weighted by Gasteiger charge is -2.26. The number of aromatic nitrogens is 9. The largest absolute Gasteiger partial charge is 0.451 e. The summed E-state index contributed by atoms with van der Waals surface area (Å²) in [5.41, 5.74) is 20.8. The van der Waals surface area contributed by atoms with Crippen LogP contribution in [0.15, 0.2) is 165 Å². The van der Waals surface area contributed by atoms with Crippen molar-refractivity contribution in [1.29, 1.82) is 0 Å². The van der Waals surface area contributed by atoms with Gasteiger partial charge in [0.2, 0.25) is 22.9 Å². The maximum Gasteiger partial charge on any atom is 0.295 e. The van der Waals surface area contributed by atoms with E-state index < -0.39 is 74.6 Å². The first-order valence-corrected chi connectivity index (χ1v) is 39.7. The summed E-state index contributed by atoms with van der Waals surface area (Å²) in [6.45, 7) is 7.20. The third-order valence-electron chi connectivity index (χ3n) is 16.0. The van der Waals surface area contributed by atoms with Gasteiger partial charge in [-0.05, 0) is 91.0 Å². The molecule has 9 N–H and O–H groups in total. The molecule has 41 heteroatoms. The Balaban J connectivity index is 0.000000143. The number of nitrogen functional groups attached to an aromatic ring is 3. The van der Waals surface area contributed by atoms with Crippen LogP contribution in [0.2, 0.25) is 10.0 Å². The van der Waals surface area contributed by atoms with Crippen molar-refractivity contribution in [1.82, 2.24) is 44.9 Å². The predicted molar refractivity (Wildman–Crippen MR) is 402 cm³/mol. The van der Waals surface area contributed by atoms with Gasteiger partial charge in [0.1, 0.15) is 33.1 Å². The zero-order valence-corrected chi connectivity index (χ0v) is 62.0. The second-order valence-electron chi connectivity index (χ2n) is 23.1. The first-order valence-electron chi connectivity index (χ1n) is 32.0. The van der Waals surface area contributed by atoms with Gasteiger partial charge in [-0.15, -0.1) is 0 Å². The lowest BCUT2D eigenvalue weighted by atomic mass is 10.1. The number of hydrogen-bond acceptors (Lipinski definition) is 28. The molecule has 5 aromatic carbocycles. The van der Waals surface area contributed by atoms with E-state index in [0.29, 0.717) is 157 Å². The summed E-state index contributed by atoms with van der Waals surface area (Å²) in [4.78, 5) is 45.3. The second kappa shape index (κ2) is 32.6. The third-order valence-corrected chi connectivity index (χ3v) is 24.3. The van der Waals surface area contributed by atoms with Crippen LogP contribution in [0.1, 0.15) is 0 Å². The Hall–Kier alpha value is -10.3. The topological polar surface area (TPSA) is 383 Å². The lowest BCUT2D eigenvalue weighted by Crippen LogP contribution is -2.36. The molecular formula is C67H57Cl2F5N18O10S6. The summed E-state index contributed by atoms with van der Waals surface area (Å²) in [6, 6.07) is 25.8. The summed E-state index contributed by atoms with van der Waals surface area (Å²) in [7, 11) is -13.1. The van der Waals surface area contributed by atoms with Gasteiger partial charge in [-0.1, -0.05) is 87.5 Å². The minimum absolute atomic E-state index is 0.0175. The van der Waals surface area contributed by atoms with Gasteiger partial charge in [0.05, 0.1) is 122 Å². The van der Waals surface area contributed by atoms with Crippen LogP contribution in [0, 0.1) is 29.1 Å². The molecule has 0 saturated carbocycles. The van der Waals surface area contributed by atoms with Gasteiger partial charge in [0.25, 0.3) is 30.1 Å². The standard InChI is InChI=1S/C23H19ClF2N6O3S2.C23H19F3N6O3S2.C21H19ClN6O4S2/c24-19-14(2-1-3-16(19)31-37(33,34)18-12-13(25)4-5-15(18)26)20-21(17-6-7-28-22(27)29-17)36-23(30-20)32-8-10-35-11-9-32;24-13-4-5-15(25)18(12-13)37(33,34)31-16-3-1-2-14(19(16)26)20-21(17-6-7-28-22(27)29-17)36-23(30-20)32-8-10-35-11-9-32;22-17-13(3-1-4-14(17)27-34(29,30)16-5-2-10-32-16)18-19(15-6-7-24-20(23)25-15)33-21(26-18)28-8-11-31-12-9-28/h2*1-7,12,31H,8-11H2,(H2,27,28,29);1-7,10,27H,8-9,11-12H2,(H2,23,24,25). The zero-order chi connectivity index (χ0) is 76.0. The Bertz CT molecular complexity index is 5430. The van der Waals surface area contributed by atoms with E-state index in [1.165, 1.54) is 89.1 Å². The molecule has 108 heavy (non-hydrogen) atoms. The number of nitrogens with zero attached hydrogens (tertiary/aromatic N) is 12. The van der Waals surface area contributed by atoms with E-state index in [2.05, 4.69) is 54.1 Å². The highest BCUT2D eigenvalue weighted by Gasteiger charge is 2.31. The van der Waals surface area contributed by atoms with Crippen LogP contribution in [-0.4, -0.2) is 149 Å². The number of furan rings is 1. The van der Waals surface area contributed by atoms with E-state index in [0.717, 1.165) is 28.2 Å². The molecule has 0 spiro atoms. The number of rotatable bonds is 18. The lowest BCUT2D eigenvalue weighted by molar-refractivity contribution is 0.122. The van der Waals surface area contributed by atoms with Crippen LogP contribution in [0.3, 0.4) is 0 Å². The van der Waals surface area contributed by atoms with Crippen LogP contribution < -0.4 is 46.1 Å². The fourth-order valence-electron chi connectivity index (χ4n) is 10.9. The number of thiazole rings is 3. The van der Waals surface area contributed by atoms with Crippen LogP contribution in [0.25, 0.3) is 65.5 Å². The summed E-state index contributed by atoms with van der Waals surface area (Å²) in [6.07, 6.45) is 5.85. The van der Waals surface area contributed by atoms with Crippen LogP contribution in [0.5, 0.6) is 0 Å². The van der Waals surface area contributed by atoms with Gasteiger partial charge in [-0.25, -0.2) is 83.6 Å². The monoisotopic (exact) mass is 1630 g/mol. The van der Waals surface area contributed by atoms with E-state index in [-0.39, 0.29) is 55.6 Å². The molecule has 0 aliphatic carbocycles. The molecule has 12 aromatic rings. The second-order valence-corrected chi connectivity index (χ2v) is 31.7. The number of hydrogen-bond donors (Lipinski definition) is 6. The molecule has 15 rings (SSSR count). The Morgan fingerprint density at radius 1 is 0.417 bits per heavy atom. The normalized spacial score (nSPS) is 14.2. The average Bonchev–Trinajstić information content (AvgIpc) is 1.28. The molecule has 0 bridgehead atoms. The molecule has 28 nitrogen and oxygen atoms in total. The first kappa shape index (κ1) is 75.9. The minimum Gasteiger partial charge on any atom is -0.451 e. The summed E-state index contributed by atoms with van der Waals surface area (Å²) < 4.78 is 176. The fraction of sp³-hybridized carbons (Fsp3) is 0.179. The van der Waals surface area contributed by atoms with Gasteiger partial charge < -0.3 is 50.5 Å². The maximum atomic E-state index is 15.8. The van der Waals surface area contributed by atoms with Gasteiger partial charge in [-0.3, -0.25) is 14.2 Å². The molecule has 3 aliphatic rings. The Morgan fingerprint density at radius 3 is 1.14 bits per heavy atom. The first-order chi connectivity index (χ1) is 51.9. The summed E-state index contributed by atoms with van der Waals surface area (Å²) in [5.74, 6) is -4.85. The van der Waals surface area contributed by atoms with E-state index >= 15 is 4.39 Å². The van der Waals surface area contributed by atoms with E-state index in [1.54, 1.807) is 54.7 Å². The van der Waals surface area contributed by atoms with Crippen molar-refractivity contribution in [3.8, 4) is 65.5 Å². The highest BCUT2D eigenvalue weighted by atomic mass is 35.5. The van der Waals surface area contributed by atoms with Crippen LogP contribution in [-0.2, 0) is 44.3 Å². The molecule has 0 unspecified atom stereocenters. The Kier molecular flexibility index (Phi) is 22.9.